The molecule has 124 valence electrons. The number of oxazole rings is 1. The maximum atomic E-state index is 12.6. The first kappa shape index (κ1) is 15.9. The number of rotatable bonds is 4. The third kappa shape index (κ3) is 3.09. The molecule has 0 bridgehead atoms. The van der Waals surface area contributed by atoms with E-state index in [1.165, 1.54) is 4.31 Å². The van der Waals surface area contributed by atoms with E-state index in [1.54, 1.807) is 25.1 Å². The van der Waals surface area contributed by atoms with Gasteiger partial charge in [-0.2, -0.15) is 0 Å². The van der Waals surface area contributed by atoms with Crippen LogP contribution in [-0.2, 0) is 10.0 Å². The molecule has 0 aliphatic carbocycles. The highest BCUT2D eigenvalue weighted by atomic mass is 32.2. The number of benzene rings is 1. The topological polar surface area (TPSA) is 100 Å². The van der Waals surface area contributed by atoms with E-state index in [9.17, 15) is 18.0 Å². The van der Waals surface area contributed by atoms with E-state index in [0.29, 0.717) is 42.6 Å². The number of hydrogen-bond donors (Lipinski definition) is 1. The molecule has 0 atom stereocenters. The maximum Gasteiger partial charge on any atom is 0.417 e. The van der Waals surface area contributed by atoms with Crippen LogP contribution < -0.4 is 5.76 Å². The van der Waals surface area contributed by atoms with Gasteiger partial charge in [0, 0.05) is 24.6 Å². The van der Waals surface area contributed by atoms with Gasteiger partial charge in [0.1, 0.15) is 0 Å². The Hall–Kier alpha value is -1.93. The molecule has 1 saturated heterocycles. The first-order chi connectivity index (χ1) is 10.9. The molecule has 23 heavy (non-hydrogen) atoms. The number of piperidine rings is 1. The van der Waals surface area contributed by atoms with Crippen LogP contribution in [0.5, 0.6) is 0 Å². The summed E-state index contributed by atoms with van der Waals surface area (Å²) < 4.78 is 30.1. The number of carbonyl (C=O) groups is 1. The van der Waals surface area contributed by atoms with Gasteiger partial charge in [-0.05, 0) is 38.0 Å². The molecule has 0 spiro atoms. The van der Waals surface area contributed by atoms with E-state index in [0.717, 1.165) is 0 Å². The number of nitrogens with zero attached hydrogens (tertiary/aromatic N) is 1. The normalized spacial score (nSPS) is 17.6. The summed E-state index contributed by atoms with van der Waals surface area (Å²) in [5, 5.41) is 0. The number of nitrogens with one attached hydrogen (secondary N) is 1. The van der Waals surface area contributed by atoms with Crippen LogP contribution in [0, 0.1) is 5.92 Å². The zero-order valence-electron chi connectivity index (χ0n) is 12.7. The van der Waals surface area contributed by atoms with Gasteiger partial charge < -0.3 is 4.42 Å². The van der Waals surface area contributed by atoms with E-state index in [2.05, 4.69) is 4.98 Å². The van der Waals surface area contributed by atoms with Gasteiger partial charge in [-0.15, -0.1) is 0 Å². The Balaban J connectivity index is 1.74. The highest BCUT2D eigenvalue weighted by molar-refractivity contribution is 7.89. The molecule has 0 radical (unpaired) electrons. The van der Waals surface area contributed by atoms with Crippen molar-refractivity contribution in [1.82, 2.24) is 9.29 Å². The van der Waals surface area contributed by atoms with Gasteiger partial charge in [-0.25, -0.2) is 17.5 Å². The molecule has 1 aromatic carbocycles. The number of fused-ring (bicyclic) bond motifs is 1. The van der Waals surface area contributed by atoms with E-state index >= 15 is 0 Å². The lowest BCUT2D eigenvalue weighted by Gasteiger charge is -2.30. The lowest BCUT2D eigenvalue weighted by Crippen LogP contribution is -2.40. The molecule has 1 aliphatic heterocycles. The predicted molar refractivity (Wildman–Crippen MR) is 84.9 cm³/mol. The minimum absolute atomic E-state index is 0.0377. The molecule has 1 fully saturated rings. The van der Waals surface area contributed by atoms with Crippen LogP contribution in [0.15, 0.2) is 27.4 Å². The molecule has 1 aromatic heterocycles. The molecule has 0 amide bonds. The Kier molecular flexibility index (Phi) is 4.11. The summed E-state index contributed by atoms with van der Waals surface area (Å²) in [6.07, 6.45) is 1.01. The van der Waals surface area contributed by atoms with Crippen LogP contribution in [0.4, 0.5) is 0 Å². The Morgan fingerprint density at radius 3 is 2.70 bits per heavy atom. The molecule has 3 rings (SSSR count). The smallest absolute Gasteiger partial charge is 0.408 e. The van der Waals surface area contributed by atoms with Crippen molar-refractivity contribution in [2.24, 2.45) is 5.92 Å². The van der Waals surface area contributed by atoms with Crippen molar-refractivity contribution in [3.05, 3.63) is 34.3 Å². The summed E-state index contributed by atoms with van der Waals surface area (Å²) in [5.41, 5.74) is 1.39. The number of H-pyrrole nitrogens is 1. The van der Waals surface area contributed by atoms with Gasteiger partial charge in [0.2, 0.25) is 10.0 Å². The lowest BCUT2D eigenvalue weighted by atomic mass is 9.89. The van der Waals surface area contributed by atoms with Crippen LogP contribution in [-0.4, -0.2) is 42.3 Å². The fourth-order valence-electron chi connectivity index (χ4n) is 2.91. The number of sulfonamides is 1. The standard InChI is InChI=1S/C15H18N2O5S/c1-2-23(20,21)17-7-5-10(6-8-17)14(18)11-3-4-12-13(9-11)22-15(19)16-12/h3-4,9-10H,2,5-8H2,1H3,(H,16,19). The maximum absolute atomic E-state index is 12.6. The Morgan fingerprint density at radius 2 is 2.04 bits per heavy atom. The largest absolute Gasteiger partial charge is 0.417 e. The molecule has 0 unspecified atom stereocenters. The predicted octanol–water partition coefficient (Wildman–Crippen LogP) is 1.37. The third-order valence-electron chi connectivity index (χ3n) is 4.29. The van der Waals surface area contributed by atoms with Gasteiger partial charge in [-0.3, -0.25) is 9.78 Å². The first-order valence-corrected chi connectivity index (χ1v) is 9.16. The summed E-state index contributed by atoms with van der Waals surface area (Å²) in [4.78, 5) is 26.3. The number of aromatic nitrogens is 1. The average molecular weight is 338 g/mol. The lowest BCUT2D eigenvalue weighted by molar-refractivity contribution is 0.0875. The van der Waals surface area contributed by atoms with Gasteiger partial charge in [0.05, 0.1) is 11.3 Å². The van der Waals surface area contributed by atoms with Crippen molar-refractivity contribution in [1.29, 1.82) is 0 Å². The zero-order chi connectivity index (χ0) is 16.6. The van der Waals surface area contributed by atoms with Crippen molar-refractivity contribution in [2.45, 2.75) is 19.8 Å². The first-order valence-electron chi connectivity index (χ1n) is 7.55. The summed E-state index contributed by atoms with van der Waals surface area (Å²) >= 11 is 0. The molecular weight excluding hydrogens is 320 g/mol. The van der Waals surface area contributed by atoms with E-state index in [4.69, 9.17) is 4.42 Å². The summed E-state index contributed by atoms with van der Waals surface area (Å²) in [5.74, 6) is -0.720. The fraction of sp³-hybridized carbons (Fsp3) is 0.467. The molecule has 2 heterocycles. The van der Waals surface area contributed by atoms with Gasteiger partial charge in [-0.1, -0.05) is 0 Å². The Morgan fingerprint density at radius 1 is 1.35 bits per heavy atom. The molecule has 2 aromatic rings. The van der Waals surface area contributed by atoms with Gasteiger partial charge >= 0.3 is 5.76 Å². The van der Waals surface area contributed by atoms with Crippen LogP contribution in [0.1, 0.15) is 30.1 Å². The fourth-order valence-corrected chi connectivity index (χ4v) is 4.05. The monoisotopic (exact) mass is 338 g/mol. The number of ketones is 1. The van der Waals surface area contributed by atoms with Crippen LogP contribution in [0.3, 0.4) is 0 Å². The van der Waals surface area contributed by atoms with E-state index in [-0.39, 0.29) is 17.5 Å². The van der Waals surface area contributed by atoms with Crippen molar-refractivity contribution >= 4 is 26.9 Å². The van der Waals surface area contributed by atoms with Crippen LogP contribution >= 0.6 is 0 Å². The third-order valence-corrected chi connectivity index (χ3v) is 6.17. The highest BCUT2D eigenvalue weighted by Crippen LogP contribution is 2.24. The second-order valence-corrected chi connectivity index (χ2v) is 7.92. The summed E-state index contributed by atoms with van der Waals surface area (Å²) in [6.45, 7) is 2.36. The minimum Gasteiger partial charge on any atom is -0.408 e. The minimum atomic E-state index is -3.19. The second kappa shape index (κ2) is 5.93. The average Bonchev–Trinajstić information content (AvgIpc) is 2.93. The molecule has 7 nitrogen and oxygen atoms in total. The number of hydrogen-bond acceptors (Lipinski definition) is 5. The second-order valence-electron chi connectivity index (χ2n) is 5.66. The Labute approximate surface area is 133 Å². The molecule has 1 aliphatic rings. The molecule has 1 N–H and O–H groups in total. The summed E-state index contributed by atoms with van der Waals surface area (Å²) in [6, 6.07) is 4.86. The van der Waals surface area contributed by atoms with Crippen LogP contribution in [0.2, 0.25) is 0 Å². The van der Waals surface area contributed by atoms with E-state index < -0.39 is 15.8 Å². The molecule has 8 heteroatoms. The zero-order valence-corrected chi connectivity index (χ0v) is 13.6. The number of aromatic amines is 1. The van der Waals surface area contributed by atoms with Crippen LogP contribution in [0.25, 0.3) is 11.1 Å². The van der Waals surface area contributed by atoms with Crippen molar-refractivity contribution in [3.8, 4) is 0 Å². The van der Waals surface area contributed by atoms with Crippen molar-refractivity contribution in [3.63, 3.8) is 0 Å². The van der Waals surface area contributed by atoms with Crippen molar-refractivity contribution in [2.75, 3.05) is 18.8 Å². The number of Topliss-reactive ketones (excluding diaryl/α,β-unsaturated/α-hetero) is 1. The molecule has 0 saturated carbocycles. The quantitative estimate of drug-likeness (QED) is 0.849. The summed E-state index contributed by atoms with van der Waals surface area (Å²) in [7, 11) is -3.19. The van der Waals surface area contributed by atoms with E-state index in [1.807, 2.05) is 0 Å². The van der Waals surface area contributed by atoms with Crippen molar-refractivity contribution < 1.29 is 17.6 Å². The van der Waals surface area contributed by atoms with Gasteiger partial charge in [0.15, 0.2) is 11.4 Å². The Bertz CT molecular complexity index is 888. The highest BCUT2D eigenvalue weighted by Gasteiger charge is 2.30. The number of carbonyl (C=O) groups excluding carboxylic acids is 1. The molecular formula is C15H18N2O5S. The SMILES string of the molecule is CCS(=O)(=O)N1CCC(C(=O)c2ccc3[nH]c(=O)oc3c2)CC1. The van der Waals surface area contributed by atoms with Gasteiger partial charge in [0.25, 0.3) is 0 Å².